The van der Waals surface area contributed by atoms with Gasteiger partial charge in [-0.3, -0.25) is 4.79 Å². The summed E-state index contributed by atoms with van der Waals surface area (Å²) in [5, 5.41) is 87.8. The molecule has 14 nitrogen and oxygen atoms in total. The zero-order valence-corrected chi connectivity index (χ0v) is 65.5. The quantitative estimate of drug-likeness (QED) is 0.0204. The Hall–Kier alpha value is -1.27. The molecule has 0 saturated carbocycles. The van der Waals surface area contributed by atoms with Gasteiger partial charge in [-0.25, -0.2) is 0 Å². The standard InChI is InChI=1S/C86H167NO13/c1-3-5-7-9-11-13-15-17-19-21-23-25-27-29-31-32-33-34-35-36-37-38-39-40-41-42-43-44-46-48-50-52-54-56-58-60-62-64-66-68-70-78(91)87-74(73-97-85-83(96)81(94)84(77(72-89)99-85)100-86-82(95)80(93)79(92)76(71-88)98-86)75(90)69-67-65-63-61-59-57-55-53-51-49-47-45-30-28-26-24-22-20-18-16-14-12-10-8-6-4-2/h67,69,74-77,79-86,88-90,92-96H,3-66,68,70-73H2,1-2H3,(H,87,91)/b69-67+. The molecule has 2 aliphatic heterocycles. The maximum atomic E-state index is 13.4. The SMILES string of the molecule is CCCCCCCCCCCCCCCCCCCCCCCCCC/C=C/C(O)C(COC1OC(CO)C(OC2OC(CO)C(O)C(O)C2O)C(O)C1O)NC(=O)CCCCCCCCCCCCCCCCCCCCCCCCCCCCCCCCCCCCCCCCCC. The molecule has 1 amide bonds. The molecule has 0 bridgehead atoms. The van der Waals surface area contributed by atoms with Gasteiger partial charge in [-0.2, -0.15) is 0 Å². The molecule has 9 N–H and O–H groups in total. The summed E-state index contributed by atoms with van der Waals surface area (Å²) in [5.74, 6) is -0.228. The van der Waals surface area contributed by atoms with Gasteiger partial charge in [-0.05, 0) is 19.3 Å². The molecule has 2 rings (SSSR count). The Bertz CT molecular complexity index is 1730. The van der Waals surface area contributed by atoms with Gasteiger partial charge in [-0.1, -0.05) is 424 Å². The zero-order chi connectivity index (χ0) is 72.2. The molecule has 2 aliphatic rings. The second-order valence-electron chi connectivity index (χ2n) is 31.4. The highest BCUT2D eigenvalue weighted by molar-refractivity contribution is 5.76. The van der Waals surface area contributed by atoms with Gasteiger partial charge in [0.05, 0.1) is 32.0 Å². The molecule has 2 fully saturated rings. The third-order valence-electron chi connectivity index (χ3n) is 22.0. The fourth-order valence-corrected chi connectivity index (χ4v) is 15.1. The molecule has 100 heavy (non-hydrogen) atoms. The summed E-state index contributed by atoms with van der Waals surface area (Å²) >= 11 is 0. The highest BCUT2D eigenvalue weighted by Crippen LogP contribution is 2.31. The molecule has 0 aromatic carbocycles. The number of amides is 1. The molecule has 0 aromatic heterocycles. The van der Waals surface area contributed by atoms with Crippen LogP contribution < -0.4 is 5.32 Å². The van der Waals surface area contributed by atoms with Gasteiger partial charge < -0.3 is 65.1 Å². The first-order chi connectivity index (χ1) is 49.1. The van der Waals surface area contributed by atoms with Crippen LogP contribution in [0.3, 0.4) is 0 Å². The second kappa shape index (κ2) is 70.7. The number of unbranched alkanes of at least 4 members (excludes halogenated alkanes) is 63. The Kier molecular flexibility index (Phi) is 67.0. The smallest absolute Gasteiger partial charge is 0.220 e. The Labute approximate surface area is 616 Å². The third-order valence-corrected chi connectivity index (χ3v) is 22.0. The van der Waals surface area contributed by atoms with Gasteiger partial charge in [0, 0.05) is 6.42 Å². The average Bonchev–Trinajstić information content (AvgIpc) is 0.791. The van der Waals surface area contributed by atoms with Crippen molar-refractivity contribution in [2.75, 3.05) is 19.8 Å². The summed E-state index contributed by atoms with van der Waals surface area (Å²) in [5.41, 5.74) is 0. The number of aliphatic hydroxyl groups is 8. The van der Waals surface area contributed by atoms with E-state index in [1.165, 1.54) is 372 Å². The Morgan fingerprint density at radius 2 is 0.620 bits per heavy atom. The first kappa shape index (κ1) is 94.8. The van der Waals surface area contributed by atoms with Gasteiger partial charge in [0.2, 0.25) is 5.91 Å². The summed E-state index contributed by atoms with van der Waals surface area (Å²) in [7, 11) is 0. The minimum absolute atomic E-state index is 0.228. The highest BCUT2D eigenvalue weighted by atomic mass is 16.7. The molecule has 14 heteroatoms. The predicted molar refractivity (Wildman–Crippen MR) is 416 cm³/mol. The van der Waals surface area contributed by atoms with Gasteiger partial charge in [0.15, 0.2) is 12.6 Å². The zero-order valence-electron chi connectivity index (χ0n) is 65.5. The number of aliphatic hydroxyl groups excluding tert-OH is 8. The minimum atomic E-state index is -1.79. The van der Waals surface area contributed by atoms with E-state index in [9.17, 15) is 45.6 Å². The van der Waals surface area contributed by atoms with Crippen molar-refractivity contribution >= 4 is 5.91 Å². The van der Waals surface area contributed by atoms with Crippen molar-refractivity contribution in [3.63, 3.8) is 0 Å². The molecular weight excluding hydrogens is 1250 g/mol. The van der Waals surface area contributed by atoms with E-state index in [0.29, 0.717) is 0 Å². The molecule has 12 atom stereocenters. The molecule has 0 aromatic rings. The fourth-order valence-electron chi connectivity index (χ4n) is 15.1. The van der Waals surface area contributed by atoms with Gasteiger partial charge >= 0.3 is 0 Å². The van der Waals surface area contributed by atoms with Crippen molar-refractivity contribution < 1.29 is 64.6 Å². The van der Waals surface area contributed by atoms with Gasteiger partial charge in [-0.15, -0.1) is 0 Å². The van der Waals surface area contributed by atoms with Crippen LogP contribution in [0.4, 0.5) is 0 Å². The van der Waals surface area contributed by atoms with E-state index < -0.39 is 86.8 Å². The van der Waals surface area contributed by atoms with Crippen molar-refractivity contribution in [2.24, 2.45) is 0 Å². The number of carbonyl (C=O) groups is 1. The van der Waals surface area contributed by atoms with Gasteiger partial charge in [0.1, 0.15) is 48.8 Å². The maximum Gasteiger partial charge on any atom is 0.220 e. The number of allylic oxidation sites excluding steroid dienone is 1. The largest absolute Gasteiger partial charge is 0.394 e. The molecule has 0 spiro atoms. The first-order valence-electron chi connectivity index (χ1n) is 43.9. The van der Waals surface area contributed by atoms with Crippen LogP contribution >= 0.6 is 0 Å². The van der Waals surface area contributed by atoms with Crippen molar-refractivity contribution in [3.8, 4) is 0 Å². The lowest BCUT2D eigenvalue weighted by Gasteiger charge is -2.46. The van der Waals surface area contributed by atoms with E-state index in [1.807, 2.05) is 6.08 Å². The highest BCUT2D eigenvalue weighted by Gasteiger charge is 2.51. The van der Waals surface area contributed by atoms with E-state index in [2.05, 4.69) is 19.2 Å². The fraction of sp³-hybridized carbons (Fsp3) is 0.965. The van der Waals surface area contributed by atoms with E-state index in [-0.39, 0.29) is 18.9 Å². The molecular formula is C86H167NO13. The number of ether oxygens (including phenoxy) is 4. The van der Waals surface area contributed by atoms with E-state index in [1.54, 1.807) is 6.08 Å². The number of nitrogens with one attached hydrogen (secondary N) is 1. The van der Waals surface area contributed by atoms with Crippen molar-refractivity contribution in [2.45, 2.75) is 511 Å². The van der Waals surface area contributed by atoms with Crippen LogP contribution in [0.15, 0.2) is 12.2 Å². The first-order valence-corrected chi connectivity index (χ1v) is 43.9. The molecule has 0 aliphatic carbocycles. The Balaban J connectivity index is 1.55. The molecule has 0 radical (unpaired) electrons. The summed E-state index contributed by atoms with van der Waals surface area (Å²) < 4.78 is 23.0. The third kappa shape index (κ3) is 52.7. The normalized spacial score (nSPS) is 21.8. The monoisotopic (exact) mass is 1420 g/mol. The van der Waals surface area contributed by atoms with Crippen molar-refractivity contribution in [3.05, 3.63) is 12.2 Å². The summed E-state index contributed by atoms with van der Waals surface area (Å²) in [4.78, 5) is 13.4. The van der Waals surface area contributed by atoms with E-state index in [4.69, 9.17) is 18.9 Å². The Morgan fingerprint density at radius 1 is 0.350 bits per heavy atom. The number of rotatable bonds is 76. The van der Waals surface area contributed by atoms with Crippen LogP contribution in [0.25, 0.3) is 0 Å². The minimum Gasteiger partial charge on any atom is -0.394 e. The summed E-state index contributed by atoms with van der Waals surface area (Å²) in [6.45, 7) is 2.89. The van der Waals surface area contributed by atoms with Crippen LogP contribution in [0, 0.1) is 0 Å². The second-order valence-corrected chi connectivity index (χ2v) is 31.4. The van der Waals surface area contributed by atoms with Crippen molar-refractivity contribution in [1.29, 1.82) is 0 Å². The summed E-state index contributed by atoms with van der Waals surface area (Å²) in [6.07, 6.45) is 74.8. The molecule has 12 unspecified atom stereocenters. The molecule has 594 valence electrons. The summed E-state index contributed by atoms with van der Waals surface area (Å²) in [6, 6.07) is -0.913. The lowest BCUT2D eigenvalue weighted by atomic mass is 9.97. The number of hydrogen-bond donors (Lipinski definition) is 9. The van der Waals surface area contributed by atoms with Gasteiger partial charge in [0.25, 0.3) is 0 Å². The van der Waals surface area contributed by atoms with E-state index >= 15 is 0 Å². The number of hydrogen-bond acceptors (Lipinski definition) is 13. The maximum absolute atomic E-state index is 13.4. The van der Waals surface area contributed by atoms with Crippen LogP contribution in [0.2, 0.25) is 0 Å². The lowest BCUT2D eigenvalue weighted by molar-refractivity contribution is -0.359. The Morgan fingerprint density at radius 3 is 0.920 bits per heavy atom. The molecule has 2 heterocycles. The topological polar surface area (TPSA) is 228 Å². The molecule has 2 saturated heterocycles. The van der Waals surface area contributed by atoms with Crippen molar-refractivity contribution in [1.82, 2.24) is 5.32 Å². The van der Waals surface area contributed by atoms with Crippen LogP contribution in [0.5, 0.6) is 0 Å². The average molecular weight is 1420 g/mol. The van der Waals surface area contributed by atoms with Crippen LogP contribution in [-0.4, -0.2) is 140 Å². The van der Waals surface area contributed by atoms with Crippen LogP contribution in [0.1, 0.15) is 438 Å². The lowest BCUT2D eigenvalue weighted by Crippen LogP contribution is -2.65. The van der Waals surface area contributed by atoms with Crippen LogP contribution in [-0.2, 0) is 23.7 Å². The predicted octanol–water partition coefficient (Wildman–Crippen LogP) is 20.8. The number of carbonyl (C=O) groups excluding carboxylic acids is 1. The van der Waals surface area contributed by atoms with E-state index in [0.717, 1.165) is 44.9 Å².